The molecule has 0 fully saturated rings. The van der Waals surface area contributed by atoms with E-state index >= 15 is 0 Å². The Bertz CT molecular complexity index is 875. The standard InChI is InChI=1S/C21H24N4O/c1-15-6-5-7-16(12-15)21-23-18(14-26-4)13-20(24-21)22-17-8-10-19(11-9-17)25(2)3/h5-13H,14H2,1-4H3,(H,22,23,24). The minimum Gasteiger partial charge on any atom is -0.378 e. The minimum absolute atomic E-state index is 0.440. The monoisotopic (exact) mass is 348 g/mol. The fourth-order valence-corrected chi connectivity index (χ4v) is 2.69. The number of rotatable bonds is 6. The summed E-state index contributed by atoms with van der Waals surface area (Å²) in [5, 5.41) is 3.37. The highest BCUT2D eigenvalue weighted by Crippen LogP contribution is 2.23. The van der Waals surface area contributed by atoms with Gasteiger partial charge < -0.3 is 15.0 Å². The Balaban J connectivity index is 1.93. The van der Waals surface area contributed by atoms with Crippen LogP contribution in [0.5, 0.6) is 0 Å². The normalized spacial score (nSPS) is 10.6. The quantitative estimate of drug-likeness (QED) is 0.715. The molecule has 5 nitrogen and oxygen atoms in total. The summed E-state index contributed by atoms with van der Waals surface area (Å²) in [5.41, 5.74) is 5.14. The lowest BCUT2D eigenvalue weighted by Gasteiger charge is -2.14. The molecule has 1 heterocycles. The number of aryl methyl sites for hydroxylation is 1. The maximum atomic E-state index is 5.27. The average molecular weight is 348 g/mol. The predicted molar refractivity (Wildman–Crippen MR) is 107 cm³/mol. The van der Waals surface area contributed by atoms with Crippen molar-refractivity contribution < 1.29 is 4.74 Å². The van der Waals surface area contributed by atoms with Crippen LogP contribution in [0.2, 0.25) is 0 Å². The van der Waals surface area contributed by atoms with Crippen LogP contribution in [0.4, 0.5) is 17.2 Å². The van der Waals surface area contributed by atoms with Crippen molar-refractivity contribution in [1.29, 1.82) is 0 Å². The second kappa shape index (κ2) is 7.97. The predicted octanol–water partition coefficient (Wildman–Crippen LogP) is 4.41. The van der Waals surface area contributed by atoms with E-state index < -0.39 is 0 Å². The Morgan fingerprint density at radius 3 is 2.42 bits per heavy atom. The zero-order valence-corrected chi connectivity index (χ0v) is 15.7. The fourth-order valence-electron chi connectivity index (χ4n) is 2.69. The fraction of sp³-hybridized carbons (Fsp3) is 0.238. The van der Waals surface area contributed by atoms with E-state index in [0.717, 1.165) is 28.5 Å². The molecule has 0 amide bonds. The Morgan fingerprint density at radius 2 is 1.77 bits per heavy atom. The maximum absolute atomic E-state index is 5.27. The molecule has 134 valence electrons. The van der Waals surface area contributed by atoms with E-state index in [0.29, 0.717) is 12.4 Å². The largest absolute Gasteiger partial charge is 0.378 e. The van der Waals surface area contributed by atoms with Gasteiger partial charge in [-0.15, -0.1) is 0 Å². The number of methoxy groups -OCH3 is 1. The van der Waals surface area contributed by atoms with Crippen LogP contribution in [-0.4, -0.2) is 31.2 Å². The van der Waals surface area contributed by atoms with Crippen LogP contribution in [0, 0.1) is 6.92 Å². The summed E-state index contributed by atoms with van der Waals surface area (Å²) in [4.78, 5) is 11.4. The molecule has 0 aliphatic heterocycles. The van der Waals surface area contributed by atoms with Crippen LogP contribution in [0.3, 0.4) is 0 Å². The molecule has 3 aromatic rings. The molecule has 0 aliphatic carbocycles. The van der Waals surface area contributed by atoms with Gasteiger partial charge in [0.15, 0.2) is 5.82 Å². The number of nitrogens with zero attached hydrogens (tertiary/aromatic N) is 3. The van der Waals surface area contributed by atoms with Crippen LogP contribution in [-0.2, 0) is 11.3 Å². The van der Waals surface area contributed by atoms with E-state index in [1.165, 1.54) is 5.56 Å². The number of hydrogen-bond acceptors (Lipinski definition) is 5. The van der Waals surface area contributed by atoms with Gasteiger partial charge in [0.1, 0.15) is 5.82 Å². The SMILES string of the molecule is COCc1cc(Nc2ccc(N(C)C)cc2)nc(-c2cccc(C)c2)n1. The summed E-state index contributed by atoms with van der Waals surface area (Å²) in [6.07, 6.45) is 0. The third kappa shape index (κ3) is 4.37. The number of benzene rings is 2. The zero-order chi connectivity index (χ0) is 18.5. The summed E-state index contributed by atoms with van der Waals surface area (Å²) < 4.78 is 5.27. The highest BCUT2D eigenvalue weighted by molar-refractivity contribution is 5.64. The number of ether oxygens (including phenoxy) is 1. The molecule has 0 radical (unpaired) electrons. The first kappa shape index (κ1) is 17.9. The van der Waals surface area contributed by atoms with Gasteiger partial charge in [0.25, 0.3) is 0 Å². The second-order valence-electron chi connectivity index (χ2n) is 6.44. The summed E-state index contributed by atoms with van der Waals surface area (Å²) in [6.45, 7) is 2.50. The van der Waals surface area contributed by atoms with Gasteiger partial charge in [0, 0.05) is 44.2 Å². The van der Waals surface area contributed by atoms with Crippen LogP contribution in [0.1, 0.15) is 11.3 Å². The Kier molecular flexibility index (Phi) is 5.49. The topological polar surface area (TPSA) is 50.3 Å². The number of hydrogen-bond donors (Lipinski definition) is 1. The van der Waals surface area contributed by atoms with Crippen LogP contribution >= 0.6 is 0 Å². The van der Waals surface area contributed by atoms with Crippen LogP contribution < -0.4 is 10.2 Å². The average Bonchev–Trinajstić information content (AvgIpc) is 2.62. The second-order valence-corrected chi connectivity index (χ2v) is 6.44. The Labute approximate surface area is 154 Å². The van der Waals surface area contributed by atoms with Crippen molar-refractivity contribution in [2.75, 3.05) is 31.4 Å². The molecule has 5 heteroatoms. The Hall–Kier alpha value is -2.92. The minimum atomic E-state index is 0.440. The molecule has 0 unspecified atom stereocenters. The van der Waals surface area contributed by atoms with Crippen molar-refractivity contribution in [2.24, 2.45) is 0 Å². The van der Waals surface area contributed by atoms with Gasteiger partial charge in [-0.2, -0.15) is 0 Å². The lowest BCUT2D eigenvalue weighted by atomic mass is 10.1. The summed E-state index contributed by atoms with van der Waals surface area (Å²) in [6, 6.07) is 18.3. The number of nitrogens with one attached hydrogen (secondary N) is 1. The number of anilines is 3. The first-order chi connectivity index (χ1) is 12.5. The highest BCUT2D eigenvalue weighted by Gasteiger charge is 2.08. The van der Waals surface area contributed by atoms with Gasteiger partial charge in [-0.3, -0.25) is 0 Å². The van der Waals surface area contributed by atoms with Crippen molar-refractivity contribution in [3.05, 3.63) is 65.9 Å². The van der Waals surface area contributed by atoms with Gasteiger partial charge in [-0.25, -0.2) is 9.97 Å². The maximum Gasteiger partial charge on any atom is 0.161 e. The first-order valence-corrected chi connectivity index (χ1v) is 8.53. The molecule has 0 atom stereocenters. The summed E-state index contributed by atoms with van der Waals surface area (Å²) >= 11 is 0. The molecule has 1 aromatic heterocycles. The first-order valence-electron chi connectivity index (χ1n) is 8.53. The van der Waals surface area contributed by atoms with Crippen LogP contribution in [0.25, 0.3) is 11.4 Å². The molecule has 0 aliphatic rings. The summed E-state index contributed by atoms with van der Waals surface area (Å²) in [7, 11) is 5.72. The van der Waals surface area contributed by atoms with E-state index in [-0.39, 0.29) is 0 Å². The van der Waals surface area contributed by atoms with Gasteiger partial charge >= 0.3 is 0 Å². The van der Waals surface area contributed by atoms with E-state index in [4.69, 9.17) is 9.72 Å². The lowest BCUT2D eigenvalue weighted by Crippen LogP contribution is -2.08. The molecular formula is C21H24N4O. The third-order valence-electron chi connectivity index (χ3n) is 4.00. The lowest BCUT2D eigenvalue weighted by molar-refractivity contribution is 0.181. The van der Waals surface area contributed by atoms with Crippen LogP contribution in [0.15, 0.2) is 54.6 Å². The van der Waals surface area contributed by atoms with Crippen molar-refractivity contribution in [3.8, 4) is 11.4 Å². The van der Waals surface area contributed by atoms with E-state index in [9.17, 15) is 0 Å². The van der Waals surface area contributed by atoms with Gasteiger partial charge in [-0.05, 0) is 37.3 Å². The van der Waals surface area contributed by atoms with Crippen molar-refractivity contribution in [2.45, 2.75) is 13.5 Å². The third-order valence-corrected chi connectivity index (χ3v) is 4.00. The molecule has 0 bridgehead atoms. The van der Waals surface area contributed by atoms with Crippen molar-refractivity contribution in [3.63, 3.8) is 0 Å². The molecule has 2 aromatic carbocycles. The van der Waals surface area contributed by atoms with Crippen molar-refractivity contribution >= 4 is 17.2 Å². The van der Waals surface area contributed by atoms with E-state index in [2.05, 4.69) is 46.4 Å². The summed E-state index contributed by atoms with van der Waals surface area (Å²) in [5.74, 6) is 1.44. The Morgan fingerprint density at radius 1 is 1.00 bits per heavy atom. The van der Waals surface area contributed by atoms with E-state index in [1.54, 1.807) is 7.11 Å². The molecular weight excluding hydrogens is 324 g/mol. The van der Waals surface area contributed by atoms with E-state index in [1.807, 2.05) is 44.4 Å². The molecule has 0 spiro atoms. The molecule has 0 saturated carbocycles. The van der Waals surface area contributed by atoms with Gasteiger partial charge in [0.05, 0.1) is 12.3 Å². The molecule has 26 heavy (non-hydrogen) atoms. The molecule has 0 saturated heterocycles. The van der Waals surface area contributed by atoms with Gasteiger partial charge in [-0.1, -0.05) is 23.8 Å². The van der Waals surface area contributed by atoms with Gasteiger partial charge in [0.2, 0.25) is 0 Å². The van der Waals surface area contributed by atoms with Crippen molar-refractivity contribution in [1.82, 2.24) is 9.97 Å². The zero-order valence-electron chi connectivity index (χ0n) is 15.7. The highest BCUT2D eigenvalue weighted by atomic mass is 16.5. The number of aromatic nitrogens is 2. The molecule has 3 rings (SSSR count). The molecule has 1 N–H and O–H groups in total. The smallest absolute Gasteiger partial charge is 0.161 e.